The van der Waals surface area contributed by atoms with Gasteiger partial charge >= 0.3 is 0 Å². The Bertz CT molecular complexity index is 1080. The molecule has 0 bridgehead atoms. The van der Waals surface area contributed by atoms with E-state index in [0.29, 0.717) is 27.1 Å². The first-order valence-corrected chi connectivity index (χ1v) is 10.3. The van der Waals surface area contributed by atoms with Crippen molar-refractivity contribution >= 4 is 35.2 Å². The van der Waals surface area contributed by atoms with Crippen LogP contribution in [0.3, 0.4) is 0 Å². The molecule has 3 rings (SSSR count). The van der Waals surface area contributed by atoms with E-state index in [4.69, 9.17) is 16.3 Å². The first kappa shape index (κ1) is 20.8. The summed E-state index contributed by atoms with van der Waals surface area (Å²) in [4.78, 5) is 6.55. The number of hydrogen-bond donors (Lipinski definition) is 0. The third kappa shape index (κ3) is 4.76. The predicted molar refractivity (Wildman–Crippen MR) is 120 cm³/mol. The van der Waals surface area contributed by atoms with Crippen LogP contribution in [0.15, 0.2) is 41.4 Å². The Balaban J connectivity index is 1.91. The highest BCUT2D eigenvalue weighted by Gasteiger charge is 2.18. The molecule has 0 spiro atoms. The lowest BCUT2D eigenvalue weighted by Gasteiger charge is -2.12. The zero-order chi connectivity index (χ0) is 21.0. The van der Waals surface area contributed by atoms with E-state index in [1.54, 1.807) is 12.1 Å². The van der Waals surface area contributed by atoms with Gasteiger partial charge in [0.25, 0.3) is 0 Å². The second kappa shape index (κ2) is 9.08. The van der Waals surface area contributed by atoms with Crippen LogP contribution in [-0.4, -0.2) is 29.2 Å². The van der Waals surface area contributed by atoms with Crippen LogP contribution in [0.1, 0.15) is 23.6 Å². The molecular formula is C22H21ClN4OS. The molecule has 0 aliphatic heterocycles. The summed E-state index contributed by atoms with van der Waals surface area (Å²) in [6, 6.07) is 13.4. The highest BCUT2D eigenvalue weighted by atomic mass is 35.5. The highest BCUT2D eigenvalue weighted by Crippen LogP contribution is 2.39. The Morgan fingerprint density at radius 2 is 1.97 bits per heavy atom. The van der Waals surface area contributed by atoms with Crippen LogP contribution < -0.4 is 4.74 Å². The molecule has 0 saturated heterocycles. The fourth-order valence-corrected chi connectivity index (χ4v) is 3.47. The minimum Gasteiger partial charge on any atom is -0.443 e. The zero-order valence-corrected chi connectivity index (χ0v) is 18.3. The van der Waals surface area contributed by atoms with E-state index in [1.165, 1.54) is 11.5 Å². The maximum absolute atomic E-state index is 9.68. The SMILES string of the molecule is CCN(C)/C=N\c1cc(C)c(Oc2snc(-c3ccc(Cl)cc3)c2C#N)cc1C. The van der Waals surface area contributed by atoms with Crippen LogP contribution in [0.2, 0.25) is 5.02 Å². The number of nitriles is 1. The minimum absolute atomic E-state index is 0.418. The molecule has 148 valence electrons. The van der Waals surface area contributed by atoms with Crippen molar-refractivity contribution in [2.24, 2.45) is 4.99 Å². The molecule has 0 aliphatic carbocycles. The number of aryl methyl sites for hydroxylation is 2. The van der Waals surface area contributed by atoms with Gasteiger partial charge in [-0.25, -0.2) is 4.99 Å². The van der Waals surface area contributed by atoms with Gasteiger partial charge in [-0.15, -0.1) is 0 Å². The molecule has 0 unspecified atom stereocenters. The monoisotopic (exact) mass is 424 g/mol. The van der Waals surface area contributed by atoms with Crippen LogP contribution in [0.25, 0.3) is 11.3 Å². The molecule has 0 amide bonds. The molecule has 7 heteroatoms. The van der Waals surface area contributed by atoms with E-state index in [0.717, 1.165) is 28.9 Å². The fraction of sp³-hybridized carbons (Fsp3) is 0.227. The Morgan fingerprint density at radius 1 is 1.24 bits per heavy atom. The maximum Gasteiger partial charge on any atom is 0.218 e. The molecule has 0 N–H and O–H groups in total. The zero-order valence-electron chi connectivity index (χ0n) is 16.7. The summed E-state index contributed by atoms with van der Waals surface area (Å²) in [7, 11) is 1.98. The topological polar surface area (TPSA) is 61.5 Å². The second-order valence-electron chi connectivity index (χ2n) is 6.64. The van der Waals surface area contributed by atoms with Crippen molar-refractivity contribution in [3.8, 4) is 28.1 Å². The average Bonchev–Trinajstić information content (AvgIpc) is 3.12. The molecule has 29 heavy (non-hydrogen) atoms. The normalized spacial score (nSPS) is 10.9. The number of halogens is 1. The van der Waals surface area contributed by atoms with Gasteiger partial charge in [-0.2, -0.15) is 9.64 Å². The van der Waals surface area contributed by atoms with Crippen LogP contribution in [-0.2, 0) is 0 Å². The van der Waals surface area contributed by atoms with E-state index < -0.39 is 0 Å². The molecular weight excluding hydrogens is 404 g/mol. The van der Waals surface area contributed by atoms with Crippen molar-refractivity contribution in [1.82, 2.24) is 9.27 Å². The smallest absolute Gasteiger partial charge is 0.218 e. The summed E-state index contributed by atoms with van der Waals surface area (Å²) >= 11 is 7.12. The van der Waals surface area contributed by atoms with Crippen molar-refractivity contribution < 1.29 is 4.74 Å². The van der Waals surface area contributed by atoms with Gasteiger partial charge in [0.15, 0.2) is 0 Å². The number of aliphatic imine (C=N–C) groups is 1. The predicted octanol–water partition coefficient (Wildman–Crippen LogP) is 6.36. The molecule has 0 aliphatic rings. The molecule has 0 saturated carbocycles. The standard InChI is InChI=1S/C22H21ClN4OS/c1-5-27(4)13-25-19-10-15(3)20(11-14(19)2)28-22-18(12-24)21(26-29-22)16-6-8-17(23)9-7-16/h6-11,13H,5H2,1-4H3/b25-13-. The Labute approximate surface area is 180 Å². The van der Waals surface area contributed by atoms with Crippen LogP contribution in [0.5, 0.6) is 10.8 Å². The lowest BCUT2D eigenvalue weighted by Crippen LogP contribution is -2.14. The van der Waals surface area contributed by atoms with Gasteiger partial charge in [-0.3, -0.25) is 0 Å². The van der Waals surface area contributed by atoms with Gasteiger partial charge < -0.3 is 9.64 Å². The molecule has 1 heterocycles. The van der Waals surface area contributed by atoms with E-state index >= 15 is 0 Å². The van der Waals surface area contributed by atoms with Crippen molar-refractivity contribution in [2.45, 2.75) is 20.8 Å². The van der Waals surface area contributed by atoms with Gasteiger partial charge in [-0.1, -0.05) is 23.7 Å². The number of aromatic nitrogens is 1. The summed E-state index contributed by atoms with van der Waals surface area (Å²) in [6.07, 6.45) is 1.82. The van der Waals surface area contributed by atoms with Crippen LogP contribution in [0, 0.1) is 25.2 Å². The van der Waals surface area contributed by atoms with Crippen LogP contribution in [0.4, 0.5) is 5.69 Å². The van der Waals surface area contributed by atoms with Crippen molar-refractivity contribution in [2.75, 3.05) is 13.6 Å². The number of nitrogens with zero attached hydrogens (tertiary/aromatic N) is 4. The van der Waals surface area contributed by atoms with Gasteiger partial charge in [0.1, 0.15) is 23.1 Å². The van der Waals surface area contributed by atoms with Crippen molar-refractivity contribution in [1.29, 1.82) is 5.26 Å². The molecule has 2 aromatic carbocycles. The second-order valence-corrected chi connectivity index (χ2v) is 7.81. The third-order valence-corrected chi connectivity index (χ3v) is 5.46. The van der Waals surface area contributed by atoms with Gasteiger partial charge in [0.2, 0.25) is 5.06 Å². The van der Waals surface area contributed by atoms with Gasteiger partial charge in [-0.05, 0) is 56.2 Å². The summed E-state index contributed by atoms with van der Waals surface area (Å²) in [6.45, 7) is 6.91. The van der Waals surface area contributed by atoms with Gasteiger partial charge in [0, 0.05) is 35.7 Å². The Morgan fingerprint density at radius 3 is 2.62 bits per heavy atom. The van der Waals surface area contributed by atoms with Crippen molar-refractivity contribution in [3.05, 3.63) is 58.1 Å². The minimum atomic E-state index is 0.418. The average molecular weight is 425 g/mol. The number of ether oxygens (including phenoxy) is 1. The van der Waals surface area contributed by atoms with E-state index in [2.05, 4.69) is 22.4 Å². The lowest BCUT2D eigenvalue weighted by molar-refractivity contribution is 0.491. The summed E-state index contributed by atoms with van der Waals surface area (Å²) in [5.74, 6) is 0.688. The molecule has 0 fully saturated rings. The number of hydrogen-bond acceptors (Lipinski definition) is 5. The molecule has 0 radical (unpaired) electrons. The Hall–Kier alpha value is -2.88. The van der Waals surface area contributed by atoms with E-state index in [-0.39, 0.29) is 0 Å². The van der Waals surface area contributed by atoms with E-state index in [1.807, 2.05) is 56.4 Å². The largest absolute Gasteiger partial charge is 0.443 e. The summed E-state index contributed by atoms with van der Waals surface area (Å²) in [5.41, 5.74) is 4.67. The first-order valence-electron chi connectivity index (χ1n) is 9.12. The third-order valence-electron chi connectivity index (χ3n) is 4.48. The first-order chi connectivity index (χ1) is 13.9. The molecule has 3 aromatic rings. The summed E-state index contributed by atoms with van der Waals surface area (Å²) < 4.78 is 10.5. The fourth-order valence-electron chi connectivity index (χ4n) is 2.61. The Kier molecular flexibility index (Phi) is 6.53. The lowest BCUT2D eigenvalue weighted by atomic mass is 10.1. The summed E-state index contributed by atoms with van der Waals surface area (Å²) in [5, 5.41) is 10.8. The molecule has 5 nitrogen and oxygen atoms in total. The molecule has 1 aromatic heterocycles. The molecule has 0 atom stereocenters. The number of benzene rings is 2. The van der Waals surface area contributed by atoms with Gasteiger partial charge in [0.05, 0.1) is 12.0 Å². The van der Waals surface area contributed by atoms with Crippen LogP contribution >= 0.6 is 23.1 Å². The quantitative estimate of drug-likeness (QED) is 0.341. The van der Waals surface area contributed by atoms with E-state index in [9.17, 15) is 5.26 Å². The maximum atomic E-state index is 9.68. The van der Waals surface area contributed by atoms with Crippen molar-refractivity contribution in [3.63, 3.8) is 0 Å². The highest BCUT2D eigenvalue weighted by molar-refractivity contribution is 7.08. The number of rotatable bonds is 6.